The third kappa shape index (κ3) is 3.44. The highest BCUT2D eigenvalue weighted by Crippen LogP contribution is 2.21. The summed E-state index contributed by atoms with van der Waals surface area (Å²) in [5.41, 5.74) is 0.614. The normalized spacial score (nSPS) is 16.4. The molecule has 0 aromatic heterocycles. The van der Waals surface area contributed by atoms with Gasteiger partial charge in [0.2, 0.25) is 5.12 Å². The number of benzene rings is 1. The van der Waals surface area contributed by atoms with Crippen LogP contribution in [0.2, 0.25) is 0 Å². The van der Waals surface area contributed by atoms with E-state index in [4.69, 9.17) is 0 Å². The van der Waals surface area contributed by atoms with Gasteiger partial charge in [-0.25, -0.2) is 0 Å². The summed E-state index contributed by atoms with van der Waals surface area (Å²) in [5, 5.41) is 3.70. The summed E-state index contributed by atoms with van der Waals surface area (Å²) >= 11 is 1.14. The van der Waals surface area contributed by atoms with Crippen molar-refractivity contribution in [1.82, 2.24) is 5.32 Å². The Morgan fingerprint density at radius 2 is 2.00 bits per heavy atom. The summed E-state index contributed by atoms with van der Waals surface area (Å²) in [6.07, 6.45) is 0. The van der Waals surface area contributed by atoms with Crippen LogP contribution in [0.3, 0.4) is 0 Å². The summed E-state index contributed by atoms with van der Waals surface area (Å²) in [6.45, 7) is 4.22. The van der Waals surface area contributed by atoms with E-state index < -0.39 is 0 Å². The minimum Gasteiger partial charge on any atom is -0.343 e. The molecule has 1 aromatic rings. The Morgan fingerprint density at radius 1 is 1.32 bits per heavy atom. The van der Waals surface area contributed by atoms with Gasteiger partial charge in [-0.2, -0.15) is 0 Å². The van der Waals surface area contributed by atoms with Crippen LogP contribution in [0.4, 0.5) is 0 Å². The molecule has 0 spiro atoms. The zero-order valence-corrected chi connectivity index (χ0v) is 11.7. The van der Waals surface area contributed by atoms with E-state index in [1.807, 2.05) is 32.0 Å². The van der Waals surface area contributed by atoms with Crippen LogP contribution < -0.4 is 5.32 Å². The fourth-order valence-electron chi connectivity index (χ4n) is 1.81. The number of carbonyl (C=O) groups excluding carboxylic acids is 2. The lowest BCUT2D eigenvalue weighted by Crippen LogP contribution is -2.43. The van der Waals surface area contributed by atoms with Crippen molar-refractivity contribution in [2.45, 2.75) is 19.9 Å². The van der Waals surface area contributed by atoms with Gasteiger partial charge in [0, 0.05) is 5.56 Å². The molecule has 0 fully saturated rings. The highest BCUT2D eigenvalue weighted by atomic mass is 32.2. The number of aliphatic imine (C=N–C) groups is 1. The molecule has 0 saturated carbocycles. The Bertz CT molecular complexity index is 511. The highest BCUT2D eigenvalue weighted by molar-refractivity contribution is 8.27. The number of hydrogen-bond donors (Lipinski definition) is 1. The van der Waals surface area contributed by atoms with Crippen molar-refractivity contribution >= 4 is 27.8 Å². The monoisotopic (exact) mass is 276 g/mol. The summed E-state index contributed by atoms with van der Waals surface area (Å²) in [5.74, 6) is 0.0479. The van der Waals surface area contributed by atoms with Crippen molar-refractivity contribution in [2.75, 3.05) is 6.54 Å². The van der Waals surface area contributed by atoms with Crippen molar-refractivity contribution in [1.29, 1.82) is 0 Å². The molecule has 1 unspecified atom stereocenters. The second-order valence-electron chi connectivity index (χ2n) is 4.69. The molecule has 1 N–H and O–H groups in total. The third-order valence-corrected chi connectivity index (χ3v) is 3.79. The van der Waals surface area contributed by atoms with Gasteiger partial charge in [-0.3, -0.25) is 14.6 Å². The largest absolute Gasteiger partial charge is 0.343 e. The maximum atomic E-state index is 12.1. The molecular weight excluding hydrogens is 260 g/mol. The van der Waals surface area contributed by atoms with Gasteiger partial charge < -0.3 is 5.32 Å². The fourth-order valence-corrected chi connectivity index (χ4v) is 2.76. The molecule has 0 radical (unpaired) electrons. The third-order valence-electron chi connectivity index (χ3n) is 2.84. The molecule has 2 rings (SSSR count). The number of thioether (sulfide) groups is 1. The van der Waals surface area contributed by atoms with Crippen LogP contribution in [0.5, 0.6) is 0 Å². The van der Waals surface area contributed by atoms with Gasteiger partial charge >= 0.3 is 0 Å². The first-order valence-corrected chi connectivity index (χ1v) is 7.00. The zero-order valence-electron chi connectivity index (χ0n) is 10.9. The van der Waals surface area contributed by atoms with Gasteiger partial charge in [0.15, 0.2) is 0 Å². The second kappa shape index (κ2) is 6.02. The molecule has 0 saturated heterocycles. The van der Waals surface area contributed by atoms with Crippen LogP contribution in [0.1, 0.15) is 24.2 Å². The predicted molar refractivity (Wildman–Crippen MR) is 77.4 cm³/mol. The number of nitrogens with one attached hydrogen (secondary N) is 1. The number of rotatable bonds is 4. The SMILES string of the molecule is CC(C)C(NC(=O)c1ccccc1)C1=NCC(=O)S1. The van der Waals surface area contributed by atoms with Crippen LogP contribution >= 0.6 is 11.8 Å². The molecule has 19 heavy (non-hydrogen) atoms. The topological polar surface area (TPSA) is 58.5 Å². The minimum absolute atomic E-state index is 0.0367. The van der Waals surface area contributed by atoms with E-state index in [9.17, 15) is 9.59 Å². The Kier molecular flexibility index (Phi) is 4.37. The van der Waals surface area contributed by atoms with Crippen molar-refractivity contribution in [2.24, 2.45) is 10.9 Å². The average molecular weight is 276 g/mol. The lowest BCUT2D eigenvalue weighted by Gasteiger charge is -2.21. The lowest BCUT2D eigenvalue weighted by atomic mass is 10.0. The molecule has 1 aromatic carbocycles. The summed E-state index contributed by atoms with van der Waals surface area (Å²) in [6, 6.07) is 8.84. The molecule has 1 aliphatic rings. The second-order valence-corrected chi connectivity index (χ2v) is 5.77. The van der Waals surface area contributed by atoms with Gasteiger partial charge in [0.1, 0.15) is 6.54 Å². The Labute approximate surface area is 116 Å². The van der Waals surface area contributed by atoms with Crippen molar-refractivity contribution in [3.05, 3.63) is 35.9 Å². The molecule has 0 aliphatic carbocycles. The van der Waals surface area contributed by atoms with E-state index in [0.717, 1.165) is 11.8 Å². The predicted octanol–water partition coefficient (Wildman–Crippen LogP) is 2.11. The summed E-state index contributed by atoms with van der Waals surface area (Å²) < 4.78 is 0. The minimum atomic E-state index is -0.204. The van der Waals surface area contributed by atoms with Crippen LogP contribution in [0.15, 0.2) is 35.3 Å². The van der Waals surface area contributed by atoms with Crippen molar-refractivity contribution in [3.8, 4) is 0 Å². The number of nitrogens with zero attached hydrogens (tertiary/aromatic N) is 1. The molecule has 4 nitrogen and oxygen atoms in total. The summed E-state index contributed by atoms with van der Waals surface area (Å²) in [7, 11) is 0. The Balaban J connectivity index is 2.10. The van der Waals surface area contributed by atoms with Gasteiger partial charge in [-0.1, -0.05) is 32.0 Å². The Morgan fingerprint density at radius 3 is 2.53 bits per heavy atom. The molecule has 1 aliphatic heterocycles. The van der Waals surface area contributed by atoms with E-state index >= 15 is 0 Å². The van der Waals surface area contributed by atoms with Crippen LogP contribution in [-0.2, 0) is 4.79 Å². The van der Waals surface area contributed by atoms with Gasteiger partial charge in [-0.15, -0.1) is 0 Å². The van der Waals surface area contributed by atoms with Crippen LogP contribution in [0.25, 0.3) is 0 Å². The van der Waals surface area contributed by atoms with E-state index in [2.05, 4.69) is 10.3 Å². The van der Waals surface area contributed by atoms with Gasteiger partial charge in [0.25, 0.3) is 5.91 Å². The van der Waals surface area contributed by atoms with Crippen LogP contribution in [-0.4, -0.2) is 28.7 Å². The number of carbonyl (C=O) groups is 2. The fraction of sp³-hybridized carbons (Fsp3) is 0.357. The maximum Gasteiger partial charge on any atom is 0.251 e. The molecule has 1 heterocycles. The van der Waals surface area contributed by atoms with Crippen molar-refractivity contribution in [3.63, 3.8) is 0 Å². The summed E-state index contributed by atoms with van der Waals surface area (Å²) in [4.78, 5) is 27.6. The molecule has 1 atom stereocenters. The van der Waals surface area contributed by atoms with E-state index in [1.165, 1.54) is 0 Å². The average Bonchev–Trinajstić information content (AvgIpc) is 2.82. The molecular formula is C14H16N2O2S. The molecule has 100 valence electrons. The van der Waals surface area contributed by atoms with E-state index in [-0.39, 0.29) is 29.5 Å². The zero-order chi connectivity index (χ0) is 13.8. The lowest BCUT2D eigenvalue weighted by molar-refractivity contribution is -0.109. The quantitative estimate of drug-likeness (QED) is 0.916. The van der Waals surface area contributed by atoms with Gasteiger partial charge in [-0.05, 0) is 29.8 Å². The first kappa shape index (κ1) is 13.8. The van der Waals surface area contributed by atoms with E-state index in [0.29, 0.717) is 10.6 Å². The smallest absolute Gasteiger partial charge is 0.251 e. The molecule has 5 heteroatoms. The number of hydrogen-bond acceptors (Lipinski definition) is 4. The standard InChI is InChI=1S/C14H16N2O2S/c1-9(2)12(14-15-8-11(17)19-14)16-13(18)10-6-4-3-5-7-10/h3-7,9,12H,8H2,1-2H3,(H,16,18). The molecule has 1 amide bonds. The maximum absolute atomic E-state index is 12.1. The number of amides is 1. The van der Waals surface area contributed by atoms with Crippen molar-refractivity contribution < 1.29 is 9.59 Å². The first-order chi connectivity index (χ1) is 9.08. The first-order valence-electron chi connectivity index (χ1n) is 6.19. The van der Waals surface area contributed by atoms with E-state index in [1.54, 1.807) is 12.1 Å². The molecule has 0 bridgehead atoms. The van der Waals surface area contributed by atoms with Crippen LogP contribution in [0, 0.1) is 5.92 Å². The van der Waals surface area contributed by atoms with Gasteiger partial charge in [0.05, 0.1) is 11.1 Å². The highest BCUT2D eigenvalue weighted by Gasteiger charge is 2.28. The Hall–Kier alpha value is -1.62.